The van der Waals surface area contributed by atoms with Crippen LogP contribution in [0.3, 0.4) is 0 Å². The standard InChI is InChI=1S/C21H20FN3O4S/c22-18-8-7-16(14-20(18)26)29-21-6-2-5-19(24-21)15-3-1-4-17(13-15)30(27,28)25-11-9-23-10-12-25/h1-8,13-14,23,26H,9-12H2. The summed E-state index contributed by atoms with van der Waals surface area (Å²) in [6.45, 7) is 2.11. The van der Waals surface area contributed by atoms with Gasteiger partial charge in [-0.05, 0) is 30.3 Å². The lowest BCUT2D eigenvalue weighted by Gasteiger charge is -2.26. The molecule has 2 N–H and O–H groups in total. The molecule has 9 heteroatoms. The fraction of sp³-hybridized carbons (Fsp3) is 0.190. The number of aromatic nitrogens is 1. The number of nitrogens with zero attached hydrogens (tertiary/aromatic N) is 2. The van der Waals surface area contributed by atoms with Crippen molar-refractivity contribution in [1.29, 1.82) is 0 Å². The van der Waals surface area contributed by atoms with Gasteiger partial charge in [0.05, 0.1) is 10.6 Å². The molecule has 0 saturated carbocycles. The average Bonchev–Trinajstić information content (AvgIpc) is 2.77. The van der Waals surface area contributed by atoms with Crippen LogP contribution in [0.1, 0.15) is 0 Å². The maximum atomic E-state index is 13.2. The van der Waals surface area contributed by atoms with Crippen molar-refractivity contribution >= 4 is 10.0 Å². The zero-order valence-corrected chi connectivity index (χ0v) is 16.8. The number of piperazine rings is 1. The highest BCUT2D eigenvalue weighted by molar-refractivity contribution is 7.89. The van der Waals surface area contributed by atoms with Crippen molar-refractivity contribution in [3.05, 3.63) is 66.5 Å². The first-order valence-electron chi connectivity index (χ1n) is 9.38. The van der Waals surface area contributed by atoms with E-state index in [1.54, 1.807) is 42.5 Å². The number of phenolic OH excluding ortho intramolecular Hbond substituents is 1. The zero-order valence-electron chi connectivity index (χ0n) is 16.0. The molecule has 2 heterocycles. The van der Waals surface area contributed by atoms with Gasteiger partial charge in [-0.3, -0.25) is 0 Å². The molecule has 1 fully saturated rings. The first-order chi connectivity index (χ1) is 14.4. The zero-order chi connectivity index (χ0) is 21.1. The van der Waals surface area contributed by atoms with Gasteiger partial charge in [0.1, 0.15) is 5.75 Å². The van der Waals surface area contributed by atoms with E-state index in [1.807, 2.05) is 0 Å². The summed E-state index contributed by atoms with van der Waals surface area (Å²) in [5.74, 6) is -0.802. The molecule has 0 amide bonds. The van der Waals surface area contributed by atoms with E-state index in [9.17, 15) is 17.9 Å². The summed E-state index contributed by atoms with van der Waals surface area (Å²) in [5.41, 5.74) is 1.15. The number of hydrogen-bond acceptors (Lipinski definition) is 6. The monoisotopic (exact) mass is 429 g/mol. The maximum absolute atomic E-state index is 13.2. The Balaban J connectivity index is 1.61. The number of halogens is 1. The number of rotatable bonds is 5. The van der Waals surface area contributed by atoms with Crippen molar-refractivity contribution in [2.45, 2.75) is 4.90 Å². The molecule has 1 aliphatic rings. The number of hydrogen-bond donors (Lipinski definition) is 2. The lowest BCUT2D eigenvalue weighted by Crippen LogP contribution is -2.46. The van der Waals surface area contributed by atoms with Crippen molar-refractivity contribution in [2.75, 3.05) is 26.2 Å². The number of benzene rings is 2. The summed E-state index contributed by atoms with van der Waals surface area (Å²) in [7, 11) is -3.59. The third-order valence-electron chi connectivity index (χ3n) is 4.71. The van der Waals surface area contributed by atoms with Gasteiger partial charge in [-0.15, -0.1) is 0 Å². The molecule has 4 rings (SSSR count). The number of aromatic hydroxyl groups is 1. The van der Waals surface area contributed by atoms with Gasteiger partial charge in [0.2, 0.25) is 15.9 Å². The van der Waals surface area contributed by atoms with E-state index in [2.05, 4.69) is 10.3 Å². The fourth-order valence-corrected chi connectivity index (χ4v) is 4.65. The van der Waals surface area contributed by atoms with Crippen LogP contribution in [0, 0.1) is 5.82 Å². The molecule has 1 aromatic heterocycles. The van der Waals surface area contributed by atoms with E-state index >= 15 is 0 Å². The van der Waals surface area contributed by atoms with Crippen LogP contribution in [0.15, 0.2) is 65.6 Å². The molecule has 0 aliphatic carbocycles. The Morgan fingerprint density at radius 3 is 2.57 bits per heavy atom. The molecule has 0 atom stereocenters. The molecular weight excluding hydrogens is 409 g/mol. The molecule has 0 radical (unpaired) electrons. The van der Waals surface area contributed by atoms with Crippen molar-refractivity contribution in [3.8, 4) is 28.6 Å². The average molecular weight is 429 g/mol. The lowest BCUT2D eigenvalue weighted by atomic mass is 10.1. The van der Waals surface area contributed by atoms with Gasteiger partial charge in [-0.25, -0.2) is 17.8 Å². The molecule has 0 unspecified atom stereocenters. The summed E-state index contributed by atoms with van der Waals surface area (Å²) < 4.78 is 46.2. The fourth-order valence-electron chi connectivity index (χ4n) is 3.16. The van der Waals surface area contributed by atoms with Gasteiger partial charge in [0.15, 0.2) is 11.6 Å². The largest absolute Gasteiger partial charge is 0.505 e. The summed E-state index contributed by atoms with van der Waals surface area (Å²) in [4.78, 5) is 4.62. The molecule has 30 heavy (non-hydrogen) atoms. The van der Waals surface area contributed by atoms with E-state index in [0.717, 1.165) is 12.1 Å². The first kappa shape index (κ1) is 20.3. The van der Waals surface area contributed by atoms with Crippen molar-refractivity contribution in [1.82, 2.24) is 14.6 Å². The van der Waals surface area contributed by atoms with Crippen LogP contribution in [0.4, 0.5) is 4.39 Å². The Morgan fingerprint density at radius 1 is 1.03 bits per heavy atom. The first-order valence-corrected chi connectivity index (χ1v) is 10.8. The second kappa shape index (κ2) is 8.39. The number of sulfonamides is 1. The van der Waals surface area contributed by atoms with Crippen LogP contribution in [0.2, 0.25) is 0 Å². The van der Waals surface area contributed by atoms with Crippen LogP contribution >= 0.6 is 0 Å². The lowest BCUT2D eigenvalue weighted by molar-refractivity contribution is 0.360. The summed E-state index contributed by atoms with van der Waals surface area (Å²) in [6, 6.07) is 15.3. The highest BCUT2D eigenvalue weighted by Crippen LogP contribution is 2.28. The van der Waals surface area contributed by atoms with Gasteiger partial charge in [-0.1, -0.05) is 18.2 Å². The Morgan fingerprint density at radius 2 is 1.80 bits per heavy atom. The minimum Gasteiger partial charge on any atom is -0.505 e. The van der Waals surface area contributed by atoms with Crippen LogP contribution < -0.4 is 10.1 Å². The van der Waals surface area contributed by atoms with Gasteiger partial charge in [0.25, 0.3) is 0 Å². The van der Waals surface area contributed by atoms with E-state index in [4.69, 9.17) is 4.74 Å². The Labute approximate surface area is 173 Å². The Bertz CT molecular complexity index is 1160. The molecule has 3 aromatic rings. The summed E-state index contributed by atoms with van der Waals surface area (Å²) >= 11 is 0. The molecule has 1 aliphatic heterocycles. The minimum atomic E-state index is -3.59. The molecule has 0 spiro atoms. The third-order valence-corrected chi connectivity index (χ3v) is 6.60. The number of phenols is 1. The highest BCUT2D eigenvalue weighted by Gasteiger charge is 2.26. The Kier molecular flexibility index (Phi) is 5.67. The van der Waals surface area contributed by atoms with Crippen LogP contribution in [-0.4, -0.2) is 49.0 Å². The van der Waals surface area contributed by atoms with Gasteiger partial charge >= 0.3 is 0 Å². The maximum Gasteiger partial charge on any atom is 0.243 e. The van der Waals surface area contributed by atoms with E-state index in [0.29, 0.717) is 37.4 Å². The van der Waals surface area contributed by atoms with Gasteiger partial charge in [-0.2, -0.15) is 4.31 Å². The summed E-state index contributed by atoms with van der Waals surface area (Å²) in [5, 5.41) is 12.6. The minimum absolute atomic E-state index is 0.207. The number of nitrogens with one attached hydrogen (secondary N) is 1. The van der Waals surface area contributed by atoms with Crippen LogP contribution in [0.5, 0.6) is 17.4 Å². The van der Waals surface area contributed by atoms with Gasteiger partial charge < -0.3 is 15.2 Å². The second-order valence-electron chi connectivity index (χ2n) is 6.76. The van der Waals surface area contributed by atoms with Gasteiger partial charge in [0, 0.05) is 43.9 Å². The second-order valence-corrected chi connectivity index (χ2v) is 8.70. The number of pyridine rings is 1. The third kappa shape index (κ3) is 4.28. The summed E-state index contributed by atoms with van der Waals surface area (Å²) in [6.07, 6.45) is 0. The molecule has 156 valence electrons. The smallest absolute Gasteiger partial charge is 0.243 e. The highest BCUT2D eigenvalue weighted by atomic mass is 32.2. The van der Waals surface area contributed by atoms with E-state index in [-0.39, 0.29) is 16.5 Å². The van der Waals surface area contributed by atoms with E-state index in [1.165, 1.54) is 10.4 Å². The molecule has 2 aromatic carbocycles. The quantitative estimate of drug-likeness (QED) is 0.648. The van der Waals surface area contributed by atoms with Crippen LogP contribution in [0.25, 0.3) is 11.3 Å². The van der Waals surface area contributed by atoms with Crippen molar-refractivity contribution in [3.63, 3.8) is 0 Å². The predicted octanol–water partition coefficient (Wildman–Crippen LogP) is 2.98. The van der Waals surface area contributed by atoms with Crippen molar-refractivity contribution < 1.29 is 22.7 Å². The number of ether oxygens (including phenoxy) is 1. The van der Waals surface area contributed by atoms with Crippen LogP contribution in [-0.2, 0) is 10.0 Å². The molecule has 0 bridgehead atoms. The molecule has 1 saturated heterocycles. The SMILES string of the molecule is O=S(=O)(c1cccc(-c2cccc(Oc3ccc(F)c(O)c3)n2)c1)N1CCNCC1. The molecular formula is C21H20FN3O4S. The Hall–Kier alpha value is -3.01. The molecule has 7 nitrogen and oxygen atoms in total. The predicted molar refractivity (Wildman–Crippen MR) is 109 cm³/mol. The topological polar surface area (TPSA) is 91.8 Å². The van der Waals surface area contributed by atoms with E-state index < -0.39 is 21.6 Å². The normalized spacial score (nSPS) is 15.1. The van der Waals surface area contributed by atoms with Crippen molar-refractivity contribution in [2.24, 2.45) is 0 Å².